The van der Waals surface area contributed by atoms with E-state index in [1.165, 1.54) is 26.4 Å². The summed E-state index contributed by atoms with van der Waals surface area (Å²) in [5.41, 5.74) is 1.44. The Balaban J connectivity index is 2.54. The summed E-state index contributed by atoms with van der Waals surface area (Å²) in [5, 5.41) is 3.40. The maximum atomic E-state index is 12.6. The number of nitrogens with zero attached hydrogens (tertiary/aromatic N) is 1. The normalized spacial score (nSPS) is 17.5. The first kappa shape index (κ1) is 18.9. The molecule has 2 rings (SSSR count). The maximum absolute atomic E-state index is 12.6. The summed E-state index contributed by atoms with van der Waals surface area (Å²) in [6.07, 6.45) is 0. The number of carbonyl (C=O) groups excluding carboxylic acids is 1. The summed E-state index contributed by atoms with van der Waals surface area (Å²) in [7, 11) is 4.33. The van der Waals surface area contributed by atoms with E-state index in [0.717, 1.165) is 0 Å². The topological polar surface area (TPSA) is 60.0 Å². The molecule has 1 atom stereocenters. The predicted octanol–water partition coefficient (Wildman–Crippen LogP) is 2.60. The zero-order valence-electron chi connectivity index (χ0n) is 14.1. The number of halogens is 2. The molecular weight excluding hydrogens is 354 g/mol. The van der Waals surface area contributed by atoms with Crippen LogP contribution in [0.5, 0.6) is 11.5 Å². The minimum absolute atomic E-state index is 0.136. The van der Waals surface area contributed by atoms with Gasteiger partial charge in [-0.25, -0.2) is 4.79 Å². The Kier molecular flexibility index (Phi) is 5.78. The van der Waals surface area contributed by atoms with Crippen molar-refractivity contribution in [1.29, 1.82) is 0 Å². The van der Waals surface area contributed by atoms with Gasteiger partial charge in [0.25, 0.3) is 0 Å². The van der Waals surface area contributed by atoms with E-state index in [-0.39, 0.29) is 11.5 Å². The van der Waals surface area contributed by atoms with E-state index in [2.05, 4.69) is 10.1 Å². The lowest BCUT2D eigenvalue weighted by Crippen LogP contribution is -2.46. The number of rotatable bonds is 5. The van der Waals surface area contributed by atoms with Crippen LogP contribution < -0.4 is 14.8 Å². The van der Waals surface area contributed by atoms with E-state index < -0.39 is 18.6 Å². The predicted molar refractivity (Wildman–Crippen MR) is 90.6 cm³/mol. The number of carbonyl (C=O) groups is 1. The molecule has 0 radical (unpaired) electrons. The molecule has 1 aromatic carbocycles. The van der Waals surface area contributed by atoms with Gasteiger partial charge in [-0.1, -0.05) is 6.07 Å². The highest BCUT2D eigenvalue weighted by atomic mass is 32.1. The van der Waals surface area contributed by atoms with E-state index in [4.69, 9.17) is 21.7 Å². The molecule has 0 amide bonds. The van der Waals surface area contributed by atoms with Gasteiger partial charge in [0.05, 0.1) is 25.8 Å². The van der Waals surface area contributed by atoms with E-state index in [1.807, 2.05) is 0 Å². The number of hydrogen-bond acceptors (Lipinski definition) is 5. The molecule has 136 valence electrons. The molecule has 0 aliphatic carbocycles. The molecular formula is C16H18F2N2O4S. The van der Waals surface area contributed by atoms with Crippen LogP contribution in [-0.4, -0.2) is 43.9 Å². The average molecular weight is 372 g/mol. The molecule has 9 heteroatoms. The third-order valence-corrected chi connectivity index (χ3v) is 4.29. The van der Waals surface area contributed by atoms with Crippen molar-refractivity contribution in [2.24, 2.45) is 0 Å². The van der Waals surface area contributed by atoms with Crippen LogP contribution in [-0.2, 0) is 9.53 Å². The van der Waals surface area contributed by atoms with Crippen molar-refractivity contribution in [3.63, 3.8) is 0 Å². The quantitative estimate of drug-likeness (QED) is 0.630. The fourth-order valence-electron chi connectivity index (χ4n) is 2.52. The van der Waals surface area contributed by atoms with Crippen molar-refractivity contribution in [3.05, 3.63) is 35.0 Å². The maximum Gasteiger partial charge on any atom is 0.387 e. The molecule has 1 heterocycles. The van der Waals surface area contributed by atoms with Crippen LogP contribution in [0.1, 0.15) is 18.5 Å². The van der Waals surface area contributed by atoms with Crippen LogP contribution in [0, 0.1) is 0 Å². The highest BCUT2D eigenvalue weighted by molar-refractivity contribution is 7.80. The number of esters is 1. The molecule has 1 aromatic rings. The van der Waals surface area contributed by atoms with Crippen molar-refractivity contribution < 1.29 is 27.8 Å². The Morgan fingerprint density at radius 1 is 1.32 bits per heavy atom. The minimum atomic E-state index is -3.01. The summed E-state index contributed by atoms with van der Waals surface area (Å²) in [6, 6.07) is 3.84. The van der Waals surface area contributed by atoms with Gasteiger partial charge in [0, 0.05) is 12.7 Å². The summed E-state index contributed by atoms with van der Waals surface area (Å²) in [5.74, 6) is -0.528. The van der Waals surface area contributed by atoms with E-state index in [1.54, 1.807) is 24.9 Å². The van der Waals surface area contributed by atoms with E-state index in [0.29, 0.717) is 21.9 Å². The first-order chi connectivity index (χ1) is 11.8. The van der Waals surface area contributed by atoms with Gasteiger partial charge < -0.3 is 24.4 Å². The Labute approximate surface area is 149 Å². The molecule has 0 fully saturated rings. The van der Waals surface area contributed by atoms with Crippen molar-refractivity contribution in [2.75, 3.05) is 21.3 Å². The van der Waals surface area contributed by atoms with Gasteiger partial charge in [0.1, 0.15) is 0 Å². The van der Waals surface area contributed by atoms with Crippen molar-refractivity contribution in [1.82, 2.24) is 10.2 Å². The monoisotopic (exact) mass is 372 g/mol. The lowest BCUT2D eigenvalue weighted by atomic mass is 9.95. The average Bonchev–Trinajstić information content (AvgIpc) is 2.58. The SMILES string of the molecule is COC(=O)C1=C(C)N(C)C(=S)N[C@H]1c1ccc(OC)c(OC(F)F)c1. The van der Waals surface area contributed by atoms with Gasteiger partial charge in [-0.15, -0.1) is 0 Å². The molecule has 1 aliphatic rings. The molecule has 1 aliphatic heterocycles. The van der Waals surface area contributed by atoms with Gasteiger partial charge in [-0.05, 0) is 36.8 Å². The summed E-state index contributed by atoms with van der Waals surface area (Å²) < 4.78 is 39.7. The number of benzene rings is 1. The van der Waals surface area contributed by atoms with E-state index in [9.17, 15) is 13.6 Å². The number of thiocarbonyl (C=S) groups is 1. The Bertz CT molecular complexity index is 724. The Morgan fingerprint density at radius 2 is 2.00 bits per heavy atom. The van der Waals surface area contributed by atoms with Crippen molar-refractivity contribution >= 4 is 23.3 Å². The van der Waals surface area contributed by atoms with Gasteiger partial charge in [-0.2, -0.15) is 8.78 Å². The Hall–Kier alpha value is -2.42. The fraction of sp³-hybridized carbons (Fsp3) is 0.375. The van der Waals surface area contributed by atoms with Crippen LogP contribution in [0.15, 0.2) is 29.5 Å². The first-order valence-electron chi connectivity index (χ1n) is 7.26. The zero-order valence-corrected chi connectivity index (χ0v) is 14.9. The summed E-state index contributed by atoms with van der Waals surface area (Å²) in [4.78, 5) is 13.9. The number of allylic oxidation sites excluding steroid dienone is 1. The standard InChI is InChI=1S/C16H18F2N2O4S/c1-8-12(14(21)23-4)13(19-16(25)20(8)2)9-5-6-10(22-3)11(7-9)24-15(17)18/h5-7,13,15H,1-4H3,(H,19,25)/t13-/m0/s1. The molecule has 0 bridgehead atoms. The second-order valence-corrected chi connectivity index (χ2v) is 5.61. The van der Waals surface area contributed by atoms with Gasteiger partial charge >= 0.3 is 12.6 Å². The van der Waals surface area contributed by atoms with Crippen LogP contribution in [0.25, 0.3) is 0 Å². The third kappa shape index (κ3) is 3.81. The number of hydrogen-bond donors (Lipinski definition) is 1. The smallest absolute Gasteiger partial charge is 0.387 e. The number of nitrogens with one attached hydrogen (secondary N) is 1. The van der Waals surface area contributed by atoms with Gasteiger partial charge in [-0.3, -0.25) is 0 Å². The molecule has 0 aromatic heterocycles. The number of alkyl halides is 2. The molecule has 0 unspecified atom stereocenters. The third-order valence-electron chi connectivity index (χ3n) is 3.90. The van der Waals surface area contributed by atoms with Crippen LogP contribution in [0.4, 0.5) is 8.78 Å². The summed E-state index contributed by atoms with van der Waals surface area (Å²) in [6.45, 7) is -1.28. The molecule has 25 heavy (non-hydrogen) atoms. The second-order valence-electron chi connectivity index (χ2n) is 5.22. The van der Waals surface area contributed by atoms with Crippen LogP contribution >= 0.6 is 12.2 Å². The molecule has 0 spiro atoms. The van der Waals surface area contributed by atoms with Crippen LogP contribution in [0.2, 0.25) is 0 Å². The van der Waals surface area contributed by atoms with Crippen molar-refractivity contribution in [2.45, 2.75) is 19.6 Å². The highest BCUT2D eigenvalue weighted by Crippen LogP contribution is 2.36. The largest absolute Gasteiger partial charge is 0.493 e. The molecule has 0 saturated carbocycles. The van der Waals surface area contributed by atoms with Crippen LogP contribution in [0.3, 0.4) is 0 Å². The lowest BCUT2D eigenvalue weighted by Gasteiger charge is -2.35. The van der Waals surface area contributed by atoms with Crippen molar-refractivity contribution in [3.8, 4) is 11.5 Å². The molecule has 0 saturated heterocycles. The number of ether oxygens (including phenoxy) is 3. The summed E-state index contributed by atoms with van der Waals surface area (Å²) >= 11 is 5.26. The van der Waals surface area contributed by atoms with Gasteiger partial charge in [0.15, 0.2) is 16.6 Å². The zero-order chi connectivity index (χ0) is 18.7. The fourth-order valence-corrected chi connectivity index (χ4v) is 2.78. The molecule has 1 N–H and O–H groups in total. The highest BCUT2D eigenvalue weighted by Gasteiger charge is 2.33. The number of methoxy groups -OCH3 is 2. The minimum Gasteiger partial charge on any atom is -0.493 e. The van der Waals surface area contributed by atoms with Gasteiger partial charge in [0.2, 0.25) is 0 Å². The lowest BCUT2D eigenvalue weighted by molar-refractivity contribution is -0.136. The first-order valence-corrected chi connectivity index (χ1v) is 7.67. The molecule has 6 nitrogen and oxygen atoms in total. The second kappa shape index (κ2) is 7.64. The Morgan fingerprint density at radius 3 is 2.56 bits per heavy atom. The van der Waals surface area contributed by atoms with E-state index >= 15 is 0 Å².